The van der Waals surface area contributed by atoms with Crippen LogP contribution in [0.5, 0.6) is 0 Å². The van der Waals surface area contributed by atoms with Gasteiger partial charge in [-0.05, 0) is 36.8 Å². The van der Waals surface area contributed by atoms with E-state index < -0.39 is 11.6 Å². The molecule has 0 saturated carbocycles. The van der Waals surface area contributed by atoms with Gasteiger partial charge in [-0.3, -0.25) is 4.57 Å². The fourth-order valence-electron chi connectivity index (χ4n) is 2.13. The lowest BCUT2D eigenvalue weighted by Crippen LogP contribution is -2.04. The van der Waals surface area contributed by atoms with E-state index in [1.54, 1.807) is 18.2 Å². The normalized spacial score (nSPS) is 11.2. The summed E-state index contributed by atoms with van der Waals surface area (Å²) in [7, 11) is 0. The van der Waals surface area contributed by atoms with E-state index in [2.05, 4.69) is 4.98 Å². The smallest absolute Gasteiger partial charge is 0.206 e. The number of nitrogen functional groups attached to an aromatic ring is 1. The Bertz CT molecular complexity index is 827. The van der Waals surface area contributed by atoms with Crippen LogP contribution < -0.4 is 5.73 Å². The molecule has 3 aromatic rings. The molecule has 0 spiro atoms. The van der Waals surface area contributed by atoms with Crippen LogP contribution in [0.15, 0.2) is 30.3 Å². The number of benzene rings is 2. The Balaban J connectivity index is 2.37. The number of aromatic nitrogens is 2. The van der Waals surface area contributed by atoms with Gasteiger partial charge in [-0.25, -0.2) is 13.8 Å². The molecular weight excluding hydrogens is 284 g/mol. The number of nitrogens with zero attached hydrogens (tertiary/aromatic N) is 2. The summed E-state index contributed by atoms with van der Waals surface area (Å²) in [5.41, 5.74) is 7.14. The highest BCUT2D eigenvalue weighted by molar-refractivity contribution is 6.31. The van der Waals surface area contributed by atoms with E-state index in [-0.39, 0.29) is 17.2 Å². The molecule has 0 saturated heterocycles. The first-order chi connectivity index (χ1) is 9.47. The summed E-state index contributed by atoms with van der Waals surface area (Å²) in [6.45, 7) is 1.49. The maximum atomic E-state index is 14.1. The van der Waals surface area contributed by atoms with E-state index in [9.17, 15) is 8.78 Å². The third-order valence-corrected chi connectivity index (χ3v) is 3.35. The molecule has 3 rings (SSSR count). The molecule has 0 aliphatic carbocycles. The molecule has 6 heteroatoms. The van der Waals surface area contributed by atoms with Crippen molar-refractivity contribution >= 4 is 28.6 Å². The SMILES string of the molecule is Cc1cc(F)c(-n2c(N)nc3ccc(Cl)cc32)cc1F. The number of fused-ring (bicyclic) bond motifs is 1. The second kappa shape index (κ2) is 4.45. The molecule has 2 aromatic carbocycles. The van der Waals surface area contributed by atoms with Crippen molar-refractivity contribution < 1.29 is 8.78 Å². The summed E-state index contributed by atoms with van der Waals surface area (Å²) in [4.78, 5) is 4.12. The molecule has 1 heterocycles. The van der Waals surface area contributed by atoms with Crippen molar-refractivity contribution in [3.8, 4) is 5.69 Å². The van der Waals surface area contributed by atoms with Crippen LogP contribution in [0.25, 0.3) is 16.7 Å². The summed E-state index contributed by atoms with van der Waals surface area (Å²) in [6.07, 6.45) is 0. The number of halogens is 3. The van der Waals surface area contributed by atoms with Gasteiger partial charge >= 0.3 is 0 Å². The Morgan fingerprint density at radius 1 is 1.15 bits per heavy atom. The molecule has 2 N–H and O–H groups in total. The van der Waals surface area contributed by atoms with Crippen LogP contribution in [0.4, 0.5) is 14.7 Å². The van der Waals surface area contributed by atoms with Crippen molar-refractivity contribution in [2.24, 2.45) is 0 Å². The number of rotatable bonds is 1. The van der Waals surface area contributed by atoms with Crippen LogP contribution in [-0.2, 0) is 0 Å². The molecule has 20 heavy (non-hydrogen) atoms. The van der Waals surface area contributed by atoms with Crippen molar-refractivity contribution in [2.45, 2.75) is 6.92 Å². The van der Waals surface area contributed by atoms with Gasteiger partial charge < -0.3 is 5.73 Å². The highest BCUT2D eigenvalue weighted by atomic mass is 35.5. The van der Waals surface area contributed by atoms with E-state index in [0.29, 0.717) is 16.1 Å². The lowest BCUT2D eigenvalue weighted by atomic mass is 10.2. The first-order valence-corrected chi connectivity index (χ1v) is 6.24. The van der Waals surface area contributed by atoms with E-state index >= 15 is 0 Å². The molecule has 0 radical (unpaired) electrons. The average Bonchev–Trinajstić information content (AvgIpc) is 2.69. The van der Waals surface area contributed by atoms with Crippen LogP contribution in [0.1, 0.15) is 5.56 Å². The fraction of sp³-hybridized carbons (Fsp3) is 0.0714. The monoisotopic (exact) mass is 293 g/mol. The van der Waals surface area contributed by atoms with Crippen molar-refractivity contribution in [3.63, 3.8) is 0 Å². The Morgan fingerprint density at radius 3 is 2.65 bits per heavy atom. The van der Waals surface area contributed by atoms with Crippen LogP contribution in [0.3, 0.4) is 0 Å². The highest BCUT2D eigenvalue weighted by Gasteiger charge is 2.15. The Kier molecular flexibility index (Phi) is 2.87. The lowest BCUT2D eigenvalue weighted by Gasteiger charge is -2.09. The van der Waals surface area contributed by atoms with Crippen molar-refractivity contribution in [1.82, 2.24) is 9.55 Å². The molecule has 3 nitrogen and oxygen atoms in total. The van der Waals surface area contributed by atoms with Crippen LogP contribution in [-0.4, -0.2) is 9.55 Å². The summed E-state index contributed by atoms with van der Waals surface area (Å²) in [6, 6.07) is 7.17. The third kappa shape index (κ3) is 1.91. The minimum absolute atomic E-state index is 0.00960. The molecule has 102 valence electrons. The van der Waals surface area contributed by atoms with Gasteiger partial charge in [0, 0.05) is 11.1 Å². The molecule has 0 aliphatic rings. The van der Waals surface area contributed by atoms with Gasteiger partial charge in [0.15, 0.2) is 0 Å². The van der Waals surface area contributed by atoms with Gasteiger partial charge in [0.2, 0.25) is 5.95 Å². The molecule has 0 aliphatic heterocycles. The standard InChI is InChI=1S/C14H10ClF2N3/c1-7-4-10(17)12(6-9(7)16)20-13-5-8(15)2-3-11(13)19-14(20)18/h2-6H,1H3,(H2,18,19). The quantitative estimate of drug-likeness (QED) is 0.740. The zero-order chi connectivity index (χ0) is 14.4. The van der Waals surface area contributed by atoms with Crippen LogP contribution in [0.2, 0.25) is 5.02 Å². The van der Waals surface area contributed by atoms with E-state index in [4.69, 9.17) is 17.3 Å². The molecule has 0 unspecified atom stereocenters. The lowest BCUT2D eigenvalue weighted by molar-refractivity contribution is 0.587. The van der Waals surface area contributed by atoms with Gasteiger partial charge in [0.05, 0.1) is 16.7 Å². The maximum Gasteiger partial charge on any atom is 0.206 e. The molecular formula is C14H10ClF2N3. The maximum absolute atomic E-state index is 14.1. The number of hydrogen-bond donors (Lipinski definition) is 1. The van der Waals surface area contributed by atoms with Gasteiger partial charge in [-0.2, -0.15) is 0 Å². The van der Waals surface area contributed by atoms with Gasteiger partial charge in [0.1, 0.15) is 11.6 Å². The molecule has 0 fully saturated rings. The highest BCUT2D eigenvalue weighted by Crippen LogP contribution is 2.28. The molecule has 1 aromatic heterocycles. The van der Waals surface area contributed by atoms with Crippen molar-refractivity contribution in [3.05, 3.63) is 52.6 Å². The number of imidazole rings is 1. The second-order valence-electron chi connectivity index (χ2n) is 4.49. The second-order valence-corrected chi connectivity index (χ2v) is 4.93. The zero-order valence-corrected chi connectivity index (χ0v) is 11.2. The van der Waals surface area contributed by atoms with E-state index in [0.717, 1.165) is 12.1 Å². The first-order valence-electron chi connectivity index (χ1n) is 5.87. The molecule has 0 amide bonds. The largest absolute Gasteiger partial charge is 0.369 e. The fourth-order valence-corrected chi connectivity index (χ4v) is 2.29. The zero-order valence-electron chi connectivity index (χ0n) is 10.5. The average molecular weight is 294 g/mol. The third-order valence-electron chi connectivity index (χ3n) is 3.11. The van der Waals surface area contributed by atoms with Crippen LogP contribution in [0, 0.1) is 18.6 Å². The van der Waals surface area contributed by atoms with Gasteiger partial charge in [0.25, 0.3) is 0 Å². The predicted octanol–water partition coefficient (Wildman–Crippen LogP) is 3.85. The van der Waals surface area contributed by atoms with Gasteiger partial charge in [-0.1, -0.05) is 11.6 Å². The van der Waals surface area contributed by atoms with Crippen LogP contribution >= 0.6 is 11.6 Å². The van der Waals surface area contributed by atoms with Gasteiger partial charge in [-0.15, -0.1) is 0 Å². The Hall–Kier alpha value is -2.14. The van der Waals surface area contributed by atoms with Crippen molar-refractivity contribution in [2.75, 3.05) is 5.73 Å². The van der Waals surface area contributed by atoms with Crippen molar-refractivity contribution in [1.29, 1.82) is 0 Å². The number of nitrogens with two attached hydrogens (primary N) is 1. The minimum Gasteiger partial charge on any atom is -0.369 e. The number of aryl methyl sites for hydroxylation is 1. The number of anilines is 1. The first kappa shape index (κ1) is 12.9. The summed E-state index contributed by atoms with van der Waals surface area (Å²) < 4.78 is 29.1. The Labute approximate surface area is 118 Å². The van der Waals surface area contributed by atoms with E-state index in [1.165, 1.54) is 11.5 Å². The summed E-state index contributed by atoms with van der Waals surface area (Å²) >= 11 is 5.93. The summed E-state index contributed by atoms with van der Waals surface area (Å²) in [5.74, 6) is -1.01. The number of hydrogen-bond acceptors (Lipinski definition) is 2. The minimum atomic E-state index is -0.574. The Morgan fingerprint density at radius 2 is 1.90 bits per heavy atom. The molecule has 0 atom stereocenters. The molecule has 0 bridgehead atoms. The summed E-state index contributed by atoms with van der Waals surface area (Å²) in [5, 5.41) is 0.464. The predicted molar refractivity (Wildman–Crippen MR) is 75.1 cm³/mol. The topological polar surface area (TPSA) is 43.8 Å². The van der Waals surface area contributed by atoms with E-state index in [1.807, 2.05) is 0 Å².